The van der Waals surface area contributed by atoms with Crippen molar-refractivity contribution in [3.8, 4) is 11.8 Å². The van der Waals surface area contributed by atoms with Crippen molar-refractivity contribution in [3.05, 3.63) is 24.8 Å². The number of hydrogen-bond donors (Lipinski definition) is 0. The quantitative estimate of drug-likeness (QED) is 0.208. The molecule has 0 atom stereocenters. The third-order valence-corrected chi connectivity index (χ3v) is 3.56. The SMILES string of the molecule is C=CC#C/C=C/CCC(OCCCCCC)OCCCCCC. The smallest absolute Gasteiger partial charge is 0.157 e. The predicted octanol–water partition coefficient (Wildman–Crippen LogP) is 6.03. The summed E-state index contributed by atoms with van der Waals surface area (Å²) in [6, 6.07) is 0. The predicted molar refractivity (Wildman–Crippen MR) is 100 cm³/mol. The molecule has 0 rings (SSSR count). The molecule has 0 amide bonds. The monoisotopic (exact) mass is 320 g/mol. The van der Waals surface area contributed by atoms with E-state index in [9.17, 15) is 0 Å². The molecule has 0 N–H and O–H groups in total. The molecule has 2 heteroatoms. The van der Waals surface area contributed by atoms with E-state index in [1.165, 1.54) is 38.5 Å². The van der Waals surface area contributed by atoms with E-state index in [4.69, 9.17) is 9.47 Å². The first-order chi connectivity index (χ1) is 11.3. The number of ether oxygens (including phenoxy) is 2. The summed E-state index contributed by atoms with van der Waals surface area (Å²) in [5.74, 6) is 5.72. The summed E-state index contributed by atoms with van der Waals surface area (Å²) in [7, 11) is 0. The van der Waals surface area contributed by atoms with Gasteiger partial charge in [-0.05, 0) is 31.4 Å². The van der Waals surface area contributed by atoms with E-state index >= 15 is 0 Å². The van der Waals surface area contributed by atoms with Gasteiger partial charge in [0.25, 0.3) is 0 Å². The van der Waals surface area contributed by atoms with Crippen LogP contribution in [0.25, 0.3) is 0 Å². The van der Waals surface area contributed by atoms with Crippen LogP contribution in [0.4, 0.5) is 0 Å². The van der Waals surface area contributed by atoms with Gasteiger partial charge in [-0.1, -0.05) is 76.9 Å². The molecule has 0 spiro atoms. The lowest BCUT2D eigenvalue weighted by atomic mass is 10.2. The van der Waals surface area contributed by atoms with E-state index in [0.717, 1.165) is 38.9 Å². The first-order valence-electron chi connectivity index (χ1n) is 9.35. The molecule has 2 nitrogen and oxygen atoms in total. The molecule has 0 aromatic heterocycles. The summed E-state index contributed by atoms with van der Waals surface area (Å²) >= 11 is 0. The van der Waals surface area contributed by atoms with E-state index < -0.39 is 0 Å². The first-order valence-corrected chi connectivity index (χ1v) is 9.35. The first kappa shape index (κ1) is 22.0. The van der Waals surface area contributed by atoms with Crippen molar-refractivity contribution in [1.82, 2.24) is 0 Å². The van der Waals surface area contributed by atoms with Crippen LogP contribution in [0.3, 0.4) is 0 Å². The number of hydrogen-bond acceptors (Lipinski definition) is 2. The molecule has 0 aromatic carbocycles. The van der Waals surface area contributed by atoms with Crippen LogP contribution < -0.4 is 0 Å². The Morgan fingerprint density at radius 2 is 1.48 bits per heavy atom. The fraction of sp³-hybridized carbons (Fsp3) is 0.714. The van der Waals surface area contributed by atoms with Crippen LogP contribution >= 0.6 is 0 Å². The lowest BCUT2D eigenvalue weighted by Crippen LogP contribution is -2.18. The highest BCUT2D eigenvalue weighted by Crippen LogP contribution is 2.09. The second-order valence-electron chi connectivity index (χ2n) is 5.76. The van der Waals surface area contributed by atoms with Gasteiger partial charge in [0.2, 0.25) is 0 Å². The van der Waals surface area contributed by atoms with Gasteiger partial charge in [0.15, 0.2) is 6.29 Å². The summed E-state index contributed by atoms with van der Waals surface area (Å²) in [6.07, 6.45) is 17.2. The maximum absolute atomic E-state index is 5.91. The standard InChI is InChI=1S/C21H36O2/c1-4-7-10-13-14-15-18-21(22-19-16-11-8-5-2)23-20-17-12-9-6-3/h4,13-14,21H,1,5-6,8-9,11-12,15-20H2,2-3H3/b14-13+. The van der Waals surface area contributed by atoms with E-state index in [0.29, 0.717) is 0 Å². The molecule has 0 aliphatic carbocycles. The van der Waals surface area contributed by atoms with Gasteiger partial charge < -0.3 is 9.47 Å². The normalized spacial score (nSPS) is 10.9. The molecule has 0 saturated heterocycles. The van der Waals surface area contributed by atoms with Gasteiger partial charge in [0.05, 0.1) is 0 Å². The maximum atomic E-state index is 5.91. The minimum atomic E-state index is -0.0738. The van der Waals surface area contributed by atoms with Crippen molar-refractivity contribution >= 4 is 0 Å². The molecule has 0 heterocycles. The minimum Gasteiger partial charge on any atom is -0.353 e. The molecule has 0 aromatic rings. The van der Waals surface area contributed by atoms with Crippen LogP contribution in [-0.2, 0) is 9.47 Å². The molecule has 132 valence electrons. The van der Waals surface area contributed by atoms with Crippen LogP contribution in [0, 0.1) is 11.8 Å². The average Bonchev–Trinajstić information content (AvgIpc) is 2.56. The molecule has 0 aliphatic heterocycles. The Morgan fingerprint density at radius 3 is 2.00 bits per heavy atom. The third kappa shape index (κ3) is 17.2. The topological polar surface area (TPSA) is 18.5 Å². The Hall–Kier alpha value is -1.04. The second-order valence-corrected chi connectivity index (χ2v) is 5.76. The summed E-state index contributed by atoms with van der Waals surface area (Å²) < 4.78 is 11.8. The fourth-order valence-corrected chi connectivity index (χ4v) is 2.18. The van der Waals surface area contributed by atoms with Crippen molar-refractivity contribution in [1.29, 1.82) is 0 Å². The number of unbranched alkanes of at least 4 members (excludes halogenated alkanes) is 6. The molecular weight excluding hydrogens is 284 g/mol. The summed E-state index contributed by atoms with van der Waals surface area (Å²) in [4.78, 5) is 0. The fourth-order valence-electron chi connectivity index (χ4n) is 2.18. The maximum Gasteiger partial charge on any atom is 0.157 e. The minimum absolute atomic E-state index is 0.0738. The van der Waals surface area contributed by atoms with Crippen LogP contribution in [-0.4, -0.2) is 19.5 Å². The highest BCUT2D eigenvalue weighted by molar-refractivity contribution is 5.21. The van der Waals surface area contributed by atoms with Crippen LogP contribution in [0.1, 0.15) is 78.1 Å². The molecule has 0 bridgehead atoms. The van der Waals surface area contributed by atoms with Gasteiger partial charge in [-0.25, -0.2) is 0 Å². The number of allylic oxidation sites excluding steroid dienone is 3. The zero-order valence-corrected chi connectivity index (χ0v) is 15.3. The van der Waals surface area contributed by atoms with Gasteiger partial charge in [0.1, 0.15) is 0 Å². The Kier molecular flexibility index (Phi) is 18.1. The Morgan fingerprint density at radius 1 is 0.870 bits per heavy atom. The van der Waals surface area contributed by atoms with Gasteiger partial charge >= 0.3 is 0 Å². The third-order valence-electron chi connectivity index (χ3n) is 3.56. The van der Waals surface area contributed by atoms with Crippen molar-refractivity contribution in [2.75, 3.05) is 13.2 Å². The summed E-state index contributed by atoms with van der Waals surface area (Å²) in [5.41, 5.74) is 0. The van der Waals surface area contributed by atoms with Gasteiger partial charge in [-0.3, -0.25) is 0 Å². The van der Waals surface area contributed by atoms with Crippen LogP contribution in [0.15, 0.2) is 24.8 Å². The van der Waals surface area contributed by atoms with E-state index in [1.807, 2.05) is 6.08 Å². The molecule has 0 radical (unpaired) electrons. The molecule has 0 aliphatic rings. The molecule has 23 heavy (non-hydrogen) atoms. The highest BCUT2D eigenvalue weighted by atomic mass is 16.7. The molecule has 0 fully saturated rings. The van der Waals surface area contributed by atoms with Gasteiger partial charge in [0, 0.05) is 19.6 Å². The lowest BCUT2D eigenvalue weighted by molar-refractivity contribution is -0.146. The Balaban J connectivity index is 3.94. The largest absolute Gasteiger partial charge is 0.353 e. The second kappa shape index (κ2) is 19.0. The van der Waals surface area contributed by atoms with Gasteiger partial charge in [-0.15, -0.1) is 0 Å². The van der Waals surface area contributed by atoms with Crippen molar-refractivity contribution in [2.45, 2.75) is 84.3 Å². The average molecular weight is 321 g/mol. The van der Waals surface area contributed by atoms with Crippen molar-refractivity contribution in [2.24, 2.45) is 0 Å². The van der Waals surface area contributed by atoms with Crippen molar-refractivity contribution in [3.63, 3.8) is 0 Å². The number of rotatable bonds is 15. The molecule has 0 unspecified atom stereocenters. The van der Waals surface area contributed by atoms with E-state index in [2.05, 4.69) is 38.3 Å². The van der Waals surface area contributed by atoms with Crippen LogP contribution in [0.2, 0.25) is 0 Å². The van der Waals surface area contributed by atoms with E-state index in [1.54, 1.807) is 6.08 Å². The lowest BCUT2D eigenvalue weighted by Gasteiger charge is -2.18. The molecular formula is C21H36O2. The Bertz CT molecular complexity index is 321. The van der Waals surface area contributed by atoms with E-state index in [-0.39, 0.29) is 6.29 Å². The Labute approximate surface area is 144 Å². The summed E-state index contributed by atoms with van der Waals surface area (Å²) in [5, 5.41) is 0. The van der Waals surface area contributed by atoms with Crippen LogP contribution in [0.5, 0.6) is 0 Å². The zero-order valence-electron chi connectivity index (χ0n) is 15.3. The highest BCUT2D eigenvalue weighted by Gasteiger charge is 2.08. The zero-order chi connectivity index (χ0) is 17.0. The summed E-state index contributed by atoms with van der Waals surface area (Å²) in [6.45, 7) is 9.63. The van der Waals surface area contributed by atoms with Crippen molar-refractivity contribution < 1.29 is 9.47 Å². The van der Waals surface area contributed by atoms with Gasteiger partial charge in [-0.2, -0.15) is 0 Å². The molecule has 0 saturated carbocycles.